The molecule has 3 aromatic rings. The zero-order valence-electron chi connectivity index (χ0n) is 18.0. The summed E-state index contributed by atoms with van der Waals surface area (Å²) < 4.78 is 7.45. The van der Waals surface area contributed by atoms with E-state index in [0.29, 0.717) is 30.5 Å². The molecule has 0 bridgehead atoms. The smallest absolute Gasteiger partial charge is 0.260 e. The average Bonchev–Trinajstić information content (AvgIpc) is 3.27. The maximum Gasteiger partial charge on any atom is 0.260 e. The molecular formula is C23H28N4O3S. The summed E-state index contributed by atoms with van der Waals surface area (Å²) in [7, 11) is 0. The van der Waals surface area contributed by atoms with Gasteiger partial charge in [-0.2, -0.15) is 0 Å². The number of thiazole rings is 1. The van der Waals surface area contributed by atoms with Crippen LogP contribution in [0.25, 0.3) is 4.96 Å². The molecule has 4 rings (SSSR count). The molecule has 1 fully saturated rings. The second-order valence-electron chi connectivity index (χ2n) is 7.93. The van der Waals surface area contributed by atoms with E-state index in [1.54, 1.807) is 16.7 Å². The molecule has 8 heteroatoms. The lowest BCUT2D eigenvalue weighted by atomic mass is 9.98. The van der Waals surface area contributed by atoms with Crippen molar-refractivity contribution in [3.63, 3.8) is 0 Å². The molecule has 31 heavy (non-hydrogen) atoms. The van der Waals surface area contributed by atoms with Crippen LogP contribution in [0.3, 0.4) is 0 Å². The fraction of sp³-hybridized carbons (Fsp3) is 0.435. The highest BCUT2D eigenvalue weighted by Gasteiger charge is 2.22. The molecule has 164 valence electrons. The first kappa shape index (κ1) is 21.5. The van der Waals surface area contributed by atoms with Crippen LogP contribution in [0.1, 0.15) is 37.4 Å². The van der Waals surface area contributed by atoms with E-state index >= 15 is 0 Å². The number of fused-ring (bicyclic) bond motifs is 1. The molecular weight excluding hydrogens is 412 g/mol. The Balaban J connectivity index is 1.29. The van der Waals surface area contributed by atoms with Crippen LogP contribution in [0, 0.1) is 0 Å². The minimum absolute atomic E-state index is 0.00924. The normalized spacial score (nSPS) is 15.9. The topological polar surface area (TPSA) is 67.2 Å². The van der Waals surface area contributed by atoms with Crippen LogP contribution in [0.5, 0.6) is 5.75 Å². The standard InChI is InChI=1S/C23H28N4O3S/c1-3-17(2)19-6-4-5-7-20(19)30-16-22(29)26-10-8-25(9-11-26)15-18-14-21(28)27-12-13-31-23(27)24-18/h4-7,12-14,17H,3,8-11,15-16H2,1-2H3/t17-/m0/s1. The first-order valence-electron chi connectivity index (χ1n) is 10.7. The van der Waals surface area contributed by atoms with E-state index < -0.39 is 0 Å². The van der Waals surface area contributed by atoms with Crippen LogP contribution in [0.4, 0.5) is 0 Å². The summed E-state index contributed by atoms with van der Waals surface area (Å²) in [6.07, 6.45) is 2.77. The lowest BCUT2D eigenvalue weighted by molar-refractivity contribution is -0.135. The van der Waals surface area contributed by atoms with Crippen molar-refractivity contribution in [1.82, 2.24) is 19.2 Å². The predicted octanol–water partition coefficient (Wildman–Crippen LogP) is 2.99. The highest BCUT2D eigenvalue weighted by atomic mass is 32.1. The van der Waals surface area contributed by atoms with Crippen LogP contribution in [-0.4, -0.2) is 57.9 Å². The van der Waals surface area contributed by atoms with Crippen LogP contribution in [0.15, 0.2) is 46.7 Å². The minimum atomic E-state index is -0.0510. The number of nitrogens with zero attached hydrogens (tertiary/aromatic N) is 4. The van der Waals surface area contributed by atoms with E-state index in [1.165, 1.54) is 11.3 Å². The molecule has 1 aliphatic heterocycles. The highest BCUT2D eigenvalue weighted by molar-refractivity contribution is 7.15. The number of hydrogen-bond acceptors (Lipinski definition) is 6. The highest BCUT2D eigenvalue weighted by Crippen LogP contribution is 2.28. The molecule has 0 aliphatic carbocycles. The Hall–Kier alpha value is -2.71. The van der Waals surface area contributed by atoms with Crippen molar-refractivity contribution < 1.29 is 9.53 Å². The average molecular weight is 441 g/mol. The molecule has 0 radical (unpaired) electrons. The Morgan fingerprint density at radius 2 is 2.00 bits per heavy atom. The van der Waals surface area contributed by atoms with E-state index in [4.69, 9.17) is 4.74 Å². The van der Waals surface area contributed by atoms with Crippen molar-refractivity contribution in [2.45, 2.75) is 32.7 Å². The zero-order chi connectivity index (χ0) is 21.8. The third kappa shape index (κ3) is 4.97. The zero-order valence-corrected chi connectivity index (χ0v) is 18.8. The lowest BCUT2D eigenvalue weighted by Gasteiger charge is -2.34. The molecule has 2 aromatic heterocycles. The molecule has 1 saturated heterocycles. The van der Waals surface area contributed by atoms with Gasteiger partial charge in [0.25, 0.3) is 11.5 Å². The van der Waals surface area contributed by atoms with Gasteiger partial charge in [0, 0.05) is 50.4 Å². The molecule has 1 atom stereocenters. The third-order valence-electron chi connectivity index (χ3n) is 5.88. The van der Waals surface area contributed by atoms with Gasteiger partial charge in [0.1, 0.15) is 5.75 Å². The molecule has 0 unspecified atom stereocenters. The number of benzene rings is 1. The molecule has 1 amide bonds. The molecule has 7 nitrogen and oxygen atoms in total. The Bertz CT molecular complexity index is 1100. The number of para-hydroxylation sites is 1. The molecule has 0 saturated carbocycles. The second kappa shape index (κ2) is 9.62. The van der Waals surface area contributed by atoms with E-state index in [2.05, 4.69) is 29.8 Å². The first-order valence-corrected chi connectivity index (χ1v) is 11.6. The number of ether oxygens (including phenoxy) is 1. The molecule has 0 N–H and O–H groups in total. The van der Waals surface area contributed by atoms with E-state index in [0.717, 1.165) is 36.5 Å². The minimum Gasteiger partial charge on any atom is -0.483 e. The van der Waals surface area contributed by atoms with Gasteiger partial charge in [0.15, 0.2) is 11.6 Å². The number of carbonyl (C=O) groups is 1. The van der Waals surface area contributed by atoms with E-state index in [-0.39, 0.29) is 18.1 Å². The summed E-state index contributed by atoms with van der Waals surface area (Å²) in [6.45, 7) is 7.79. The van der Waals surface area contributed by atoms with Crippen molar-refractivity contribution >= 4 is 22.2 Å². The van der Waals surface area contributed by atoms with Gasteiger partial charge in [-0.15, -0.1) is 11.3 Å². The first-order chi connectivity index (χ1) is 15.0. The fourth-order valence-electron chi connectivity index (χ4n) is 3.82. The molecule has 0 spiro atoms. The van der Waals surface area contributed by atoms with Gasteiger partial charge in [-0.1, -0.05) is 32.0 Å². The van der Waals surface area contributed by atoms with Crippen LogP contribution < -0.4 is 10.3 Å². The molecule has 3 heterocycles. The molecule has 1 aromatic carbocycles. The van der Waals surface area contributed by atoms with Gasteiger partial charge in [-0.25, -0.2) is 4.98 Å². The van der Waals surface area contributed by atoms with Crippen molar-refractivity contribution in [1.29, 1.82) is 0 Å². The Morgan fingerprint density at radius 1 is 1.23 bits per heavy atom. The Kier molecular flexibility index (Phi) is 6.67. The molecule has 1 aliphatic rings. The Morgan fingerprint density at radius 3 is 2.77 bits per heavy atom. The van der Waals surface area contributed by atoms with E-state index in [1.807, 2.05) is 28.5 Å². The summed E-state index contributed by atoms with van der Waals surface area (Å²) in [6, 6.07) is 9.56. The fourth-order valence-corrected chi connectivity index (χ4v) is 4.56. The van der Waals surface area contributed by atoms with E-state index in [9.17, 15) is 9.59 Å². The predicted molar refractivity (Wildman–Crippen MR) is 122 cm³/mol. The monoisotopic (exact) mass is 440 g/mol. The van der Waals surface area contributed by atoms with Gasteiger partial charge >= 0.3 is 0 Å². The number of piperazine rings is 1. The van der Waals surface area contributed by atoms with Gasteiger partial charge < -0.3 is 9.64 Å². The maximum absolute atomic E-state index is 12.7. The summed E-state index contributed by atoms with van der Waals surface area (Å²) in [5.41, 5.74) is 1.87. The summed E-state index contributed by atoms with van der Waals surface area (Å²) in [4.78, 5) is 34.2. The van der Waals surface area contributed by atoms with Gasteiger partial charge in [-0.05, 0) is 24.0 Å². The van der Waals surface area contributed by atoms with Crippen molar-refractivity contribution in [2.24, 2.45) is 0 Å². The third-order valence-corrected chi connectivity index (χ3v) is 6.64. The number of rotatable bonds is 7. The number of carbonyl (C=O) groups excluding carboxylic acids is 1. The van der Waals surface area contributed by atoms with Crippen LogP contribution >= 0.6 is 11.3 Å². The van der Waals surface area contributed by atoms with Crippen molar-refractivity contribution in [2.75, 3.05) is 32.8 Å². The summed E-state index contributed by atoms with van der Waals surface area (Å²) in [5, 5.41) is 1.86. The number of aromatic nitrogens is 2. The number of hydrogen-bond donors (Lipinski definition) is 0. The quantitative estimate of drug-likeness (QED) is 0.565. The van der Waals surface area contributed by atoms with Crippen LogP contribution in [-0.2, 0) is 11.3 Å². The number of amides is 1. The lowest BCUT2D eigenvalue weighted by Crippen LogP contribution is -2.49. The maximum atomic E-state index is 12.7. The van der Waals surface area contributed by atoms with Crippen molar-refractivity contribution in [3.8, 4) is 5.75 Å². The van der Waals surface area contributed by atoms with Gasteiger partial charge in [-0.3, -0.25) is 18.9 Å². The summed E-state index contributed by atoms with van der Waals surface area (Å²) >= 11 is 1.46. The second-order valence-corrected chi connectivity index (χ2v) is 8.81. The van der Waals surface area contributed by atoms with Crippen molar-refractivity contribution in [3.05, 3.63) is 63.5 Å². The van der Waals surface area contributed by atoms with Gasteiger partial charge in [0.2, 0.25) is 0 Å². The SMILES string of the molecule is CC[C@H](C)c1ccccc1OCC(=O)N1CCN(Cc2cc(=O)n3ccsc3n2)CC1. The largest absolute Gasteiger partial charge is 0.483 e. The van der Waals surface area contributed by atoms with Crippen LogP contribution in [0.2, 0.25) is 0 Å². The Labute approximate surface area is 185 Å². The van der Waals surface area contributed by atoms with Gasteiger partial charge in [0.05, 0.1) is 5.69 Å². The summed E-state index contributed by atoms with van der Waals surface area (Å²) in [5.74, 6) is 1.20.